The number of rotatable bonds is 3. The Hall–Kier alpha value is -3.92. The Morgan fingerprint density at radius 2 is 1.87 bits per heavy atom. The van der Waals surface area contributed by atoms with Crippen LogP contribution in [0, 0.1) is 11.3 Å². The smallest absolute Gasteiger partial charge is 0.211 e. The van der Waals surface area contributed by atoms with Crippen LogP contribution in [0.2, 0.25) is 0 Å². The van der Waals surface area contributed by atoms with Crippen molar-refractivity contribution in [1.29, 1.82) is 5.26 Å². The molecule has 31 heavy (non-hydrogen) atoms. The van der Waals surface area contributed by atoms with Crippen molar-refractivity contribution in [2.75, 3.05) is 42.3 Å². The standard InChI is InChI=1S/C18H20N4.C6H6N2O/c1-21-10-3-4-11-22(2)18-17(21)9-8-16(20-18)15-7-5-6-14(12-15)13-19;9-5-8-6-2-1-3-7-4-6/h5-9,12H,3-4,10-11H2,1-2H3;1-5H,(H,8,9). The minimum absolute atomic E-state index is 0.622. The molecule has 1 aliphatic rings. The number of anilines is 3. The molecule has 158 valence electrons. The number of amides is 1. The summed E-state index contributed by atoms with van der Waals surface area (Å²) in [7, 11) is 4.22. The predicted molar refractivity (Wildman–Crippen MR) is 124 cm³/mol. The second-order valence-electron chi connectivity index (χ2n) is 7.29. The van der Waals surface area contributed by atoms with E-state index < -0.39 is 0 Å². The molecular formula is C24H26N6O. The van der Waals surface area contributed by atoms with Crippen LogP contribution in [0.4, 0.5) is 17.2 Å². The van der Waals surface area contributed by atoms with Gasteiger partial charge in [-0.15, -0.1) is 0 Å². The zero-order chi connectivity index (χ0) is 22.1. The minimum atomic E-state index is 0.622. The first-order valence-corrected chi connectivity index (χ1v) is 10.2. The van der Waals surface area contributed by atoms with Crippen molar-refractivity contribution in [3.05, 3.63) is 66.5 Å². The molecular weight excluding hydrogens is 388 g/mol. The second-order valence-corrected chi connectivity index (χ2v) is 7.29. The molecule has 0 saturated heterocycles. The Kier molecular flexibility index (Phi) is 7.55. The summed E-state index contributed by atoms with van der Waals surface area (Å²) in [5, 5.41) is 11.5. The number of hydrogen-bond acceptors (Lipinski definition) is 6. The van der Waals surface area contributed by atoms with Crippen LogP contribution in [0.3, 0.4) is 0 Å². The first-order chi connectivity index (χ1) is 15.1. The number of nitriles is 1. The molecule has 4 rings (SSSR count). The monoisotopic (exact) mass is 414 g/mol. The lowest BCUT2D eigenvalue weighted by atomic mass is 10.1. The van der Waals surface area contributed by atoms with Crippen LogP contribution in [0.1, 0.15) is 18.4 Å². The number of benzene rings is 1. The number of pyridine rings is 2. The maximum atomic E-state index is 9.84. The predicted octanol–water partition coefficient (Wildman–Crippen LogP) is 3.94. The summed E-state index contributed by atoms with van der Waals surface area (Å²) in [5.41, 5.74) is 4.45. The third-order valence-corrected chi connectivity index (χ3v) is 5.04. The van der Waals surface area contributed by atoms with Crippen molar-refractivity contribution < 1.29 is 4.79 Å². The van der Waals surface area contributed by atoms with Gasteiger partial charge in [0.1, 0.15) is 0 Å². The van der Waals surface area contributed by atoms with Gasteiger partial charge in [0.25, 0.3) is 0 Å². The van der Waals surface area contributed by atoms with Gasteiger partial charge in [-0.1, -0.05) is 12.1 Å². The van der Waals surface area contributed by atoms with E-state index >= 15 is 0 Å². The first kappa shape index (κ1) is 21.8. The zero-order valence-corrected chi connectivity index (χ0v) is 17.8. The average molecular weight is 415 g/mol. The highest BCUT2D eigenvalue weighted by molar-refractivity contribution is 5.73. The lowest BCUT2D eigenvalue weighted by Gasteiger charge is -2.30. The average Bonchev–Trinajstić information content (AvgIpc) is 2.81. The van der Waals surface area contributed by atoms with Gasteiger partial charge in [0.05, 0.1) is 34.9 Å². The molecule has 1 N–H and O–H groups in total. The van der Waals surface area contributed by atoms with Gasteiger partial charge in [0, 0.05) is 38.9 Å². The van der Waals surface area contributed by atoms with Crippen molar-refractivity contribution in [2.45, 2.75) is 12.8 Å². The summed E-state index contributed by atoms with van der Waals surface area (Å²) in [4.78, 5) is 23.0. The van der Waals surface area contributed by atoms with Gasteiger partial charge in [-0.3, -0.25) is 9.78 Å². The Balaban J connectivity index is 0.000000254. The SMILES string of the molecule is CN1CCCCN(C)c2nc(-c3cccc(C#N)c3)ccc21.O=CNc1cccnc1. The Labute approximate surface area is 183 Å². The van der Waals surface area contributed by atoms with E-state index in [0.717, 1.165) is 30.2 Å². The highest BCUT2D eigenvalue weighted by Crippen LogP contribution is 2.31. The molecule has 1 aromatic carbocycles. The van der Waals surface area contributed by atoms with Crippen LogP contribution < -0.4 is 15.1 Å². The fraction of sp³-hybridized carbons (Fsp3) is 0.250. The molecule has 0 aliphatic carbocycles. The fourth-order valence-electron chi connectivity index (χ4n) is 3.37. The molecule has 0 atom stereocenters. The van der Waals surface area contributed by atoms with E-state index in [0.29, 0.717) is 17.7 Å². The van der Waals surface area contributed by atoms with Crippen molar-refractivity contribution in [2.24, 2.45) is 0 Å². The van der Waals surface area contributed by atoms with E-state index in [1.54, 1.807) is 24.5 Å². The molecule has 3 heterocycles. The van der Waals surface area contributed by atoms with Crippen LogP contribution in [0.5, 0.6) is 0 Å². The summed E-state index contributed by atoms with van der Waals surface area (Å²) >= 11 is 0. The number of nitrogens with one attached hydrogen (secondary N) is 1. The van der Waals surface area contributed by atoms with Gasteiger partial charge in [-0.05, 0) is 49.2 Å². The zero-order valence-electron chi connectivity index (χ0n) is 17.8. The Morgan fingerprint density at radius 3 is 2.58 bits per heavy atom. The first-order valence-electron chi connectivity index (χ1n) is 10.2. The number of hydrogen-bond donors (Lipinski definition) is 1. The van der Waals surface area contributed by atoms with E-state index in [9.17, 15) is 4.79 Å². The summed E-state index contributed by atoms with van der Waals surface area (Å²) in [5.74, 6) is 1.02. The largest absolute Gasteiger partial charge is 0.372 e. The van der Waals surface area contributed by atoms with Crippen molar-refractivity contribution >= 4 is 23.6 Å². The van der Waals surface area contributed by atoms with Crippen LogP contribution in [-0.4, -0.2) is 43.6 Å². The molecule has 7 heteroatoms. The normalized spacial score (nSPS) is 12.9. The number of nitrogens with zero attached hydrogens (tertiary/aromatic N) is 5. The third kappa shape index (κ3) is 5.80. The van der Waals surface area contributed by atoms with Gasteiger partial charge >= 0.3 is 0 Å². The molecule has 7 nitrogen and oxygen atoms in total. The highest BCUT2D eigenvalue weighted by Gasteiger charge is 2.17. The topological polar surface area (TPSA) is 85.1 Å². The van der Waals surface area contributed by atoms with Gasteiger partial charge < -0.3 is 15.1 Å². The molecule has 0 spiro atoms. The number of aromatic nitrogens is 2. The highest BCUT2D eigenvalue weighted by atomic mass is 16.1. The lowest BCUT2D eigenvalue weighted by Crippen LogP contribution is -2.29. The number of carbonyl (C=O) groups excluding carboxylic acids is 1. The summed E-state index contributed by atoms with van der Waals surface area (Å²) in [6.45, 7) is 2.08. The van der Waals surface area contributed by atoms with Crippen LogP contribution in [0.15, 0.2) is 60.9 Å². The molecule has 0 saturated carbocycles. The Morgan fingerprint density at radius 1 is 1.06 bits per heavy atom. The lowest BCUT2D eigenvalue weighted by molar-refractivity contribution is -0.105. The van der Waals surface area contributed by atoms with Gasteiger partial charge in [0.15, 0.2) is 5.82 Å². The van der Waals surface area contributed by atoms with Crippen LogP contribution in [-0.2, 0) is 4.79 Å². The van der Waals surface area contributed by atoms with E-state index in [1.807, 2.05) is 30.3 Å². The third-order valence-electron chi connectivity index (χ3n) is 5.04. The van der Waals surface area contributed by atoms with Gasteiger partial charge in [-0.25, -0.2) is 4.98 Å². The number of carbonyl (C=O) groups is 1. The fourth-order valence-corrected chi connectivity index (χ4v) is 3.37. The minimum Gasteiger partial charge on any atom is -0.372 e. The van der Waals surface area contributed by atoms with E-state index in [2.05, 4.69) is 46.3 Å². The van der Waals surface area contributed by atoms with Crippen molar-refractivity contribution in [3.63, 3.8) is 0 Å². The molecule has 3 aromatic rings. The maximum absolute atomic E-state index is 9.84. The quantitative estimate of drug-likeness (QED) is 0.654. The van der Waals surface area contributed by atoms with Gasteiger partial charge in [-0.2, -0.15) is 5.26 Å². The second kappa shape index (κ2) is 10.7. The van der Waals surface area contributed by atoms with Crippen LogP contribution >= 0.6 is 0 Å². The number of fused-ring (bicyclic) bond motifs is 1. The molecule has 1 amide bonds. The maximum Gasteiger partial charge on any atom is 0.211 e. The van der Waals surface area contributed by atoms with Crippen LogP contribution in [0.25, 0.3) is 11.3 Å². The molecule has 2 aromatic heterocycles. The molecule has 1 aliphatic heterocycles. The summed E-state index contributed by atoms with van der Waals surface area (Å²) in [6, 6.07) is 17.5. The molecule has 0 radical (unpaired) electrons. The van der Waals surface area contributed by atoms with Crippen molar-refractivity contribution in [1.82, 2.24) is 9.97 Å². The van der Waals surface area contributed by atoms with E-state index in [1.165, 1.54) is 18.5 Å². The van der Waals surface area contributed by atoms with E-state index in [4.69, 9.17) is 10.2 Å². The summed E-state index contributed by atoms with van der Waals surface area (Å²) < 4.78 is 0. The van der Waals surface area contributed by atoms with E-state index in [-0.39, 0.29) is 0 Å². The Bertz CT molecular complexity index is 1050. The molecule has 0 fully saturated rings. The van der Waals surface area contributed by atoms with Gasteiger partial charge in [0.2, 0.25) is 6.41 Å². The molecule has 0 bridgehead atoms. The summed E-state index contributed by atoms with van der Waals surface area (Å²) in [6.07, 6.45) is 6.23. The van der Waals surface area contributed by atoms with Crippen molar-refractivity contribution in [3.8, 4) is 17.3 Å². The molecule has 0 unspecified atom stereocenters.